The van der Waals surface area contributed by atoms with Gasteiger partial charge in [0.05, 0.1) is 6.42 Å². The van der Waals surface area contributed by atoms with Crippen LogP contribution in [0.4, 0.5) is 5.69 Å². The number of nitrogens with one attached hydrogen (secondary N) is 1. The highest BCUT2D eigenvalue weighted by Gasteiger charge is 2.19. The van der Waals surface area contributed by atoms with Gasteiger partial charge in [0, 0.05) is 34.0 Å². The number of hydrogen-bond donors (Lipinski definition) is 2. The number of rotatable bonds is 3. The number of hydrogen-bond acceptors (Lipinski definition) is 3. The first kappa shape index (κ1) is 13.1. The lowest BCUT2D eigenvalue weighted by atomic mass is 10.1. The molecule has 0 saturated carbocycles. The van der Waals surface area contributed by atoms with E-state index in [2.05, 4.69) is 5.32 Å². The molecule has 1 aliphatic heterocycles. The van der Waals surface area contributed by atoms with Crippen LogP contribution in [0.3, 0.4) is 0 Å². The molecule has 0 aliphatic carbocycles. The molecular formula is C13H18N2O2S. The first-order valence-corrected chi connectivity index (χ1v) is 7.61. The summed E-state index contributed by atoms with van der Waals surface area (Å²) in [4.78, 5) is 11.8. The Balaban J connectivity index is 1.81. The maximum absolute atomic E-state index is 11.8. The number of amides is 1. The largest absolute Gasteiger partial charge is 0.399 e. The highest BCUT2D eigenvalue weighted by Crippen LogP contribution is 2.10. The van der Waals surface area contributed by atoms with Gasteiger partial charge in [0.1, 0.15) is 0 Å². The minimum absolute atomic E-state index is 0.0254. The second kappa shape index (κ2) is 6.00. The zero-order valence-electron chi connectivity index (χ0n) is 10.2. The summed E-state index contributed by atoms with van der Waals surface area (Å²) in [5.74, 6) is 1.43. The maximum atomic E-state index is 11.8. The Bertz CT molecular complexity index is 435. The monoisotopic (exact) mass is 266 g/mol. The van der Waals surface area contributed by atoms with Crippen molar-refractivity contribution in [1.29, 1.82) is 0 Å². The zero-order valence-corrected chi connectivity index (χ0v) is 11.0. The summed E-state index contributed by atoms with van der Waals surface area (Å²) in [6.45, 7) is 0. The molecular weight excluding hydrogens is 248 g/mol. The van der Waals surface area contributed by atoms with E-state index in [9.17, 15) is 9.00 Å². The second-order valence-electron chi connectivity index (χ2n) is 4.61. The molecule has 98 valence electrons. The summed E-state index contributed by atoms with van der Waals surface area (Å²) < 4.78 is 11.2. The van der Waals surface area contributed by atoms with Crippen LogP contribution in [-0.2, 0) is 22.0 Å². The lowest BCUT2D eigenvalue weighted by Gasteiger charge is -2.22. The summed E-state index contributed by atoms with van der Waals surface area (Å²) in [5.41, 5.74) is 7.25. The van der Waals surface area contributed by atoms with Crippen molar-refractivity contribution in [1.82, 2.24) is 5.32 Å². The fraction of sp³-hybridized carbons (Fsp3) is 0.462. The lowest BCUT2D eigenvalue weighted by Crippen LogP contribution is -2.40. The summed E-state index contributed by atoms with van der Waals surface area (Å²) in [7, 11) is -0.681. The first-order chi connectivity index (χ1) is 8.63. The molecule has 1 fully saturated rings. The van der Waals surface area contributed by atoms with Gasteiger partial charge in [0.2, 0.25) is 5.91 Å². The molecule has 1 aromatic rings. The van der Waals surface area contributed by atoms with Crippen LogP contribution in [0.1, 0.15) is 18.4 Å². The maximum Gasteiger partial charge on any atom is 0.224 e. The van der Waals surface area contributed by atoms with Gasteiger partial charge in [-0.05, 0) is 30.5 Å². The number of anilines is 1. The number of carbonyl (C=O) groups is 1. The van der Waals surface area contributed by atoms with Crippen molar-refractivity contribution in [3.05, 3.63) is 29.8 Å². The summed E-state index contributed by atoms with van der Waals surface area (Å²) >= 11 is 0. The molecule has 1 amide bonds. The van der Waals surface area contributed by atoms with Gasteiger partial charge in [-0.1, -0.05) is 12.1 Å². The minimum Gasteiger partial charge on any atom is -0.399 e. The predicted octanol–water partition coefficient (Wildman–Crippen LogP) is 0.839. The minimum atomic E-state index is -0.681. The van der Waals surface area contributed by atoms with Crippen molar-refractivity contribution >= 4 is 22.4 Å². The average Bonchev–Trinajstić information content (AvgIpc) is 2.35. The van der Waals surface area contributed by atoms with Crippen molar-refractivity contribution in [2.45, 2.75) is 25.3 Å². The van der Waals surface area contributed by atoms with Crippen molar-refractivity contribution in [2.24, 2.45) is 0 Å². The van der Waals surface area contributed by atoms with Crippen molar-refractivity contribution < 1.29 is 9.00 Å². The van der Waals surface area contributed by atoms with Gasteiger partial charge in [0.25, 0.3) is 0 Å². The van der Waals surface area contributed by atoms with Crippen molar-refractivity contribution in [3.63, 3.8) is 0 Å². The molecule has 5 heteroatoms. The molecule has 0 spiro atoms. The van der Waals surface area contributed by atoms with Crippen LogP contribution in [0.2, 0.25) is 0 Å². The standard InChI is InChI=1S/C13H18N2O2S/c14-11-3-1-10(2-4-11)9-13(16)15-12-5-7-18(17)8-6-12/h1-4,12H,5-9,14H2,(H,15,16). The summed E-state index contributed by atoms with van der Waals surface area (Å²) in [6, 6.07) is 7.51. The van der Waals surface area contributed by atoms with Gasteiger partial charge in [-0.2, -0.15) is 0 Å². The van der Waals surface area contributed by atoms with E-state index in [1.807, 2.05) is 12.1 Å². The molecule has 1 saturated heterocycles. The van der Waals surface area contributed by atoms with Crippen molar-refractivity contribution in [3.8, 4) is 0 Å². The molecule has 2 rings (SSSR count). The highest BCUT2D eigenvalue weighted by molar-refractivity contribution is 7.85. The number of carbonyl (C=O) groups excluding carboxylic acids is 1. The van der Waals surface area contributed by atoms with E-state index >= 15 is 0 Å². The first-order valence-electron chi connectivity index (χ1n) is 6.12. The highest BCUT2D eigenvalue weighted by atomic mass is 32.2. The van der Waals surface area contributed by atoms with Crippen LogP contribution in [0, 0.1) is 0 Å². The normalized spacial score (nSPS) is 23.6. The lowest BCUT2D eigenvalue weighted by molar-refractivity contribution is -0.121. The van der Waals surface area contributed by atoms with E-state index < -0.39 is 10.8 Å². The molecule has 18 heavy (non-hydrogen) atoms. The van der Waals surface area contributed by atoms with E-state index in [1.165, 1.54) is 0 Å². The van der Waals surface area contributed by atoms with E-state index in [0.29, 0.717) is 23.6 Å². The van der Waals surface area contributed by atoms with Crippen LogP contribution in [0.5, 0.6) is 0 Å². The Labute approximate surface area is 109 Å². The second-order valence-corrected chi connectivity index (χ2v) is 6.30. The molecule has 1 aromatic carbocycles. The van der Waals surface area contributed by atoms with E-state index in [0.717, 1.165) is 18.4 Å². The Morgan fingerprint density at radius 2 is 1.89 bits per heavy atom. The van der Waals surface area contributed by atoms with E-state index in [-0.39, 0.29) is 11.9 Å². The van der Waals surface area contributed by atoms with Crippen LogP contribution >= 0.6 is 0 Å². The third kappa shape index (κ3) is 3.84. The Morgan fingerprint density at radius 1 is 1.28 bits per heavy atom. The van der Waals surface area contributed by atoms with Crippen LogP contribution in [-0.4, -0.2) is 27.7 Å². The molecule has 1 heterocycles. The Kier molecular flexibility index (Phi) is 4.36. The molecule has 0 radical (unpaired) electrons. The zero-order chi connectivity index (χ0) is 13.0. The van der Waals surface area contributed by atoms with Crippen LogP contribution in [0.15, 0.2) is 24.3 Å². The predicted molar refractivity (Wildman–Crippen MR) is 73.6 cm³/mol. The van der Waals surface area contributed by atoms with Gasteiger partial charge in [-0.25, -0.2) is 0 Å². The summed E-state index contributed by atoms with van der Waals surface area (Å²) in [5, 5.41) is 3.00. The Hall–Kier alpha value is -1.36. The number of nitrogens with two attached hydrogens (primary N) is 1. The van der Waals surface area contributed by atoms with Crippen LogP contribution < -0.4 is 11.1 Å². The molecule has 1 aliphatic rings. The molecule has 4 nitrogen and oxygen atoms in total. The molecule has 0 aromatic heterocycles. The van der Waals surface area contributed by atoms with Gasteiger partial charge >= 0.3 is 0 Å². The van der Waals surface area contributed by atoms with Gasteiger partial charge in [-0.3, -0.25) is 9.00 Å². The summed E-state index contributed by atoms with van der Waals surface area (Å²) in [6.07, 6.45) is 2.01. The third-order valence-corrected chi connectivity index (χ3v) is 4.48. The fourth-order valence-corrected chi connectivity index (χ4v) is 3.34. The van der Waals surface area contributed by atoms with Gasteiger partial charge in [0.15, 0.2) is 0 Å². The third-order valence-electron chi connectivity index (χ3n) is 3.10. The van der Waals surface area contributed by atoms with E-state index in [1.54, 1.807) is 12.1 Å². The van der Waals surface area contributed by atoms with Gasteiger partial charge < -0.3 is 11.1 Å². The molecule has 0 atom stereocenters. The molecule has 3 N–H and O–H groups in total. The number of nitrogen functional groups attached to an aromatic ring is 1. The fourth-order valence-electron chi connectivity index (χ4n) is 2.04. The molecule has 0 bridgehead atoms. The van der Waals surface area contributed by atoms with Gasteiger partial charge in [-0.15, -0.1) is 0 Å². The van der Waals surface area contributed by atoms with E-state index in [4.69, 9.17) is 5.73 Å². The average molecular weight is 266 g/mol. The van der Waals surface area contributed by atoms with Crippen LogP contribution in [0.25, 0.3) is 0 Å². The van der Waals surface area contributed by atoms with Crippen molar-refractivity contribution in [2.75, 3.05) is 17.2 Å². The number of benzene rings is 1. The quantitative estimate of drug-likeness (QED) is 0.796. The topological polar surface area (TPSA) is 72.2 Å². The Morgan fingerprint density at radius 3 is 2.50 bits per heavy atom. The smallest absolute Gasteiger partial charge is 0.224 e. The molecule has 0 unspecified atom stereocenters. The SMILES string of the molecule is Nc1ccc(CC(=O)NC2CCS(=O)CC2)cc1.